The molecule has 4 aromatic rings. The largest absolute Gasteiger partial charge is 0.507 e. The summed E-state index contributed by atoms with van der Waals surface area (Å²) in [5.41, 5.74) is 0.264. The van der Waals surface area contributed by atoms with E-state index < -0.39 is 34.3 Å². The van der Waals surface area contributed by atoms with Gasteiger partial charge in [0, 0.05) is 31.4 Å². The highest BCUT2D eigenvalue weighted by Crippen LogP contribution is 2.37. The number of aromatic nitrogens is 4. The highest BCUT2D eigenvalue weighted by atomic mass is 19.1. The zero-order valence-electron chi connectivity index (χ0n) is 24.1. The summed E-state index contributed by atoms with van der Waals surface area (Å²) in [6.45, 7) is 13.7. The predicted molar refractivity (Wildman–Crippen MR) is 157 cm³/mol. The van der Waals surface area contributed by atoms with Gasteiger partial charge in [0.15, 0.2) is 11.5 Å². The zero-order valence-corrected chi connectivity index (χ0v) is 24.1. The van der Waals surface area contributed by atoms with Crippen LogP contribution in [0.2, 0.25) is 0 Å². The van der Waals surface area contributed by atoms with Gasteiger partial charge < -0.3 is 14.9 Å². The van der Waals surface area contributed by atoms with Gasteiger partial charge in [0.2, 0.25) is 5.91 Å². The van der Waals surface area contributed by atoms with Crippen LogP contribution in [0, 0.1) is 18.6 Å². The molecule has 0 spiro atoms. The van der Waals surface area contributed by atoms with E-state index in [9.17, 15) is 19.1 Å². The summed E-state index contributed by atoms with van der Waals surface area (Å²) in [4.78, 5) is 43.4. The summed E-state index contributed by atoms with van der Waals surface area (Å²) >= 11 is 0. The number of benzene rings is 1. The van der Waals surface area contributed by atoms with Crippen LogP contribution in [0.5, 0.6) is 5.75 Å². The Kier molecular flexibility index (Phi) is 7.53. The van der Waals surface area contributed by atoms with Crippen molar-refractivity contribution >= 4 is 22.8 Å². The minimum Gasteiger partial charge on any atom is -0.507 e. The van der Waals surface area contributed by atoms with Gasteiger partial charge in [-0.15, -0.1) is 0 Å². The Morgan fingerprint density at radius 1 is 1.12 bits per heavy atom. The molecule has 0 unspecified atom stereocenters. The highest BCUT2D eigenvalue weighted by molar-refractivity contribution is 5.91. The molecule has 1 aromatic carbocycles. The monoisotopic (exact) mass is 574 g/mol. The molecule has 3 aromatic heterocycles. The Labute approximate surface area is 241 Å². The molecular weight excluding hydrogens is 542 g/mol. The number of piperazine rings is 1. The van der Waals surface area contributed by atoms with Crippen molar-refractivity contribution in [2.75, 3.05) is 18.0 Å². The lowest BCUT2D eigenvalue weighted by Crippen LogP contribution is -2.59. The fourth-order valence-corrected chi connectivity index (χ4v) is 5.60. The first-order valence-electron chi connectivity index (χ1n) is 13.7. The maximum absolute atomic E-state index is 15.9. The molecule has 42 heavy (non-hydrogen) atoms. The van der Waals surface area contributed by atoms with Gasteiger partial charge in [-0.1, -0.05) is 26.5 Å². The van der Waals surface area contributed by atoms with Crippen LogP contribution in [0.1, 0.15) is 44.9 Å². The molecule has 9 nitrogen and oxygen atoms in total. The molecular formula is C31H32F2N6O3. The molecule has 1 saturated heterocycles. The smallest absolute Gasteiger partial charge is 0.355 e. The van der Waals surface area contributed by atoms with Crippen molar-refractivity contribution in [3.8, 4) is 22.7 Å². The molecule has 0 radical (unpaired) electrons. The number of aryl methyl sites for hydroxylation is 1. The van der Waals surface area contributed by atoms with Crippen molar-refractivity contribution in [3.63, 3.8) is 0 Å². The highest BCUT2D eigenvalue weighted by Gasteiger charge is 2.35. The molecule has 1 N–H and O–H groups in total. The molecule has 11 heteroatoms. The van der Waals surface area contributed by atoms with Gasteiger partial charge in [0.1, 0.15) is 23.1 Å². The molecule has 4 heterocycles. The third kappa shape index (κ3) is 4.68. The summed E-state index contributed by atoms with van der Waals surface area (Å²) in [6, 6.07) is 5.98. The fourth-order valence-electron chi connectivity index (χ4n) is 5.60. The third-order valence-corrected chi connectivity index (χ3v) is 7.95. The normalized spacial score (nSPS) is 17.2. The molecule has 5 rings (SSSR count). The van der Waals surface area contributed by atoms with Crippen LogP contribution in [0.4, 0.5) is 14.6 Å². The van der Waals surface area contributed by atoms with Gasteiger partial charge in [0.05, 0.1) is 22.3 Å². The number of amides is 1. The van der Waals surface area contributed by atoms with E-state index in [-0.39, 0.29) is 40.8 Å². The SMILES string of the molecule is C=CC(=O)N1CCN(c2nc(=O)n(-c3c(C)ccnc3C(C)C)c3nc(-c4c(O)cccc4F)c(F)cc23)[C@@H](C)[C@@H]1C. The molecule has 0 bridgehead atoms. The number of phenolic OH excluding ortho intramolecular Hbond substituents is 1. The van der Waals surface area contributed by atoms with Gasteiger partial charge in [-0.25, -0.2) is 23.1 Å². The van der Waals surface area contributed by atoms with E-state index in [2.05, 4.69) is 21.5 Å². The van der Waals surface area contributed by atoms with Gasteiger partial charge in [-0.05, 0) is 62.6 Å². The maximum atomic E-state index is 15.9. The summed E-state index contributed by atoms with van der Waals surface area (Å²) in [5.74, 6) is -2.36. The lowest BCUT2D eigenvalue weighted by molar-refractivity contribution is -0.129. The summed E-state index contributed by atoms with van der Waals surface area (Å²) in [7, 11) is 0. The topological polar surface area (TPSA) is 104 Å². The number of phenols is 1. The first-order chi connectivity index (χ1) is 20.0. The molecule has 0 aliphatic carbocycles. The van der Waals surface area contributed by atoms with Gasteiger partial charge in [-0.2, -0.15) is 4.98 Å². The lowest BCUT2D eigenvalue weighted by atomic mass is 10.0. The van der Waals surface area contributed by atoms with Crippen LogP contribution in [0.15, 0.2) is 54.0 Å². The fraction of sp³-hybridized carbons (Fsp3) is 0.323. The van der Waals surface area contributed by atoms with Crippen molar-refractivity contribution in [1.82, 2.24) is 24.4 Å². The Morgan fingerprint density at radius 2 is 1.86 bits per heavy atom. The van der Waals surface area contributed by atoms with Crippen molar-refractivity contribution < 1.29 is 18.7 Å². The Balaban J connectivity index is 1.85. The number of fused-ring (bicyclic) bond motifs is 1. The number of hydrogen-bond donors (Lipinski definition) is 1. The van der Waals surface area contributed by atoms with Crippen molar-refractivity contribution in [2.24, 2.45) is 0 Å². The van der Waals surface area contributed by atoms with Gasteiger partial charge in [-0.3, -0.25) is 9.78 Å². The van der Waals surface area contributed by atoms with Crippen molar-refractivity contribution in [3.05, 3.63) is 82.6 Å². The first-order valence-corrected chi connectivity index (χ1v) is 13.7. The van der Waals surface area contributed by atoms with E-state index in [0.717, 1.165) is 6.07 Å². The van der Waals surface area contributed by atoms with Crippen LogP contribution in [-0.2, 0) is 4.79 Å². The predicted octanol–water partition coefficient (Wildman–Crippen LogP) is 4.87. The number of halogens is 2. The van der Waals surface area contributed by atoms with Crippen LogP contribution in [0.25, 0.3) is 28.0 Å². The third-order valence-electron chi connectivity index (χ3n) is 7.95. The second-order valence-electron chi connectivity index (χ2n) is 10.8. The zero-order chi connectivity index (χ0) is 30.5. The number of hydrogen-bond acceptors (Lipinski definition) is 7. The number of carbonyl (C=O) groups excluding carboxylic acids is 1. The van der Waals surface area contributed by atoms with Crippen LogP contribution < -0.4 is 10.6 Å². The number of nitrogens with zero attached hydrogens (tertiary/aromatic N) is 6. The van der Waals surface area contributed by atoms with E-state index in [0.29, 0.717) is 30.0 Å². The van der Waals surface area contributed by atoms with E-state index in [1.807, 2.05) is 39.5 Å². The minimum absolute atomic E-state index is 0.0338. The average Bonchev–Trinajstić information content (AvgIpc) is 2.94. The number of anilines is 1. The average molecular weight is 575 g/mol. The molecule has 2 atom stereocenters. The summed E-state index contributed by atoms with van der Waals surface area (Å²) in [5, 5.41) is 10.7. The summed E-state index contributed by atoms with van der Waals surface area (Å²) < 4.78 is 32.1. The number of pyridine rings is 2. The van der Waals surface area contributed by atoms with E-state index >= 15 is 4.39 Å². The van der Waals surface area contributed by atoms with E-state index in [1.165, 1.54) is 28.8 Å². The molecule has 218 valence electrons. The molecule has 1 aliphatic rings. The van der Waals surface area contributed by atoms with Crippen LogP contribution in [-0.4, -0.2) is 60.6 Å². The second kappa shape index (κ2) is 11.0. The number of rotatable bonds is 5. The lowest BCUT2D eigenvalue weighted by Gasteiger charge is -2.45. The number of aromatic hydroxyl groups is 1. The molecule has 0 saturated carbocycles. The Morgan fingerprint density at radius 3 is 2.52 bits per heavy atom. The molecule has 1 fully saturated rings. The van der Waals surface area contributed by atoms with Gasteiger partial charge >= 0.3 is 5.69 Å². The standard InChI is InChI=1S/C31H32F2N6O3/c1-7-24(41)37-13-14-38(19(6)18(37)5)29-20-15-22(33)27(25-21(32)9-8-10-23(25)40)35-30(20)39(31(42)36-29)28-17(4)11-12-34-26(28)16(2)3/h7-12,15-16,18-19,40H,1,13-14H2,2-6H3/t18-,19-/m0/s1. The van der Waals surface area contributed by atoms with Crippen LogP contribution >= 0.6 is 0 Å². The summed E-state index contributed by atoms with van der Waals surface area (Å²) in [6.07, 6.45) is 2.90. The quantitative estimate of drug-likeness (QED) is 0.339. The maximum Gasteiger partial charge on any atom is 0.355 e. The minimum atomic E-state index is -0.899. The van der Waals surface area contributed by atoms with Crippen molar-refractivity contribution in [2.45, 2.75) is 52.6 Å². The van der Waals surface area contributed by atoms with E-state index in [1.54, 1.807) is 17.2 Å². The van der Waals surface area contributed by atoms with Crippen LogP contribution in [0.3, 0.4) is 0 Å². The Bertz CT molecular complexity index is 1770. The molecule has 1 aliphatic heterocycles. The Hall–Kier alpha value is -4.67. The molecule has 1 amide bonds. The second-order valence-corrected chi connectivity index (χ2v) is 10.8. The van der Waals surface area contributed by atoms with Gasteiger partial charge in [0.25, 0.3) is 0 Å². The van der Waals surface area contributed by atoms with E-state index in [4.69, 9.17) is 0 Å². The first kappa shape index (κ1) is 28.8. The number of carbonyl (C=O) groups is 1. The van der Waals surface area contributed by atoms with Crippen molar-refractivity contribution in [1.29, 1.82) is 0 Å².